The molecule has 3 rings (SSSR count). The van der Waals surface area contributed by atoms with Gasteiger partial charge in [0.05, 0.1) is 14.2 Å². The predicted molar refractivity (Wildman–Crippen MR) is 113 cm³/mol. The van der Waals surface area contributed by atoms with E-state index in [9.17, 15) is 4.39 Å². The second-order valence-electron chi connectivity index (χ2n) is 8.12. The highest BCUT2D eigenvalue weighted by molar-refractivity contribution is 9.09. The fraction of sp³-hybridized carbons (Fsp3) is 0.478. The molecule has 1 aliphatic heterocycles. The van der Waals surface area contributed by atoms with Crippen molar-refractivity contribution in [2.45, 2.75) is 38.7 Å². The topological polar surface area (TPSA) is 27.7 Å². The molecule has 152 valence electrons. The van der Waals surface area contributed by atoms with Gasteiger partial charge < -0.3 is 14.2 Å². The summed E-state index contributed by atoms with van der Waals surface area (Å²) in [4.78, 5) is 0. The van der Waals surface area contributed by atoms with Crippen molar-refractivity contribution in [1.82, 2.24) is 0 Å². The Labute approximate surface area is 175 Å². The van der Waals surface area contributed by atoms with Crippen LogP contribution in [0.15, 0.2) is 36.4 Å². The zero-order valence-electron chi connectivity index (χ0n) is 17.0. The van der Waals surface area contributed by atoms with Crippen molar-refractivity contribution < 1.29 is 18.6 Å². The molecule has 0 fully saturated rings. The van der Waals surface area contributed by atoms with E-state index in [1.165, 1.54) is 17.7 Å². The molecule has 1 heterocycles. The number of alkyl halides is 1. The van der Waals surface area contributed by atoms with E-state index in [0.29, 0.717) is 12.4 Å². The first-order valence-corrected chi connectivity index (χ1v) is 10.7. The monoisotopic (exact) mass is 450 g/mol. The number of fused-ring (bicyclic) bond motifs is 1. The third-order valence-corrected chi connectivity index (χ3v) is 6.90. The Morgan fingerprint density at radius 1 is 1.11 bits per heavy atom. The molecule has 2 aromatic rings. The lowest BCUT2D eigenvalue weighted by molar-refractivity contribution is -0.0411. The van der Waals surface area contributed by atoms with Crippen LogP contribution in [0.3, 0.4) is 0 Å². The van der Waals surface area contributed by atoms with Gasteiger partial charge in [-0.15, -0.1) is 0 Å². The minimum Gasteiger partial charge on any atom is -0.493 e. The lowest BCUT2D eigenvalue weighted by Crippen LogP contribution is -2.37. The molecular weight excluding hydrogens is 423 g/mol. The maximum Gasteiger partial charge on any atom is 0.161 e. The fourth-order valence-corrected chi connectivity index (χ4v) is 4.22. The Hall–Kier alpha value is -1.59. The molecule has 5 heteroatoms. The van der Waals surface area contributed by atoms with Crippen LogP contribution in [0, 0.1) is 11.2 Å². The molecule has 3 nitrogen and oxygen atoms in total. The van der Waals surface area contributed by atoms with E-state index in [4.69, 9.17) is 14.2 Å². The lowest BCUT2D eigenvalue weighted by Gasteiger charge is -2.40. The molecular formula is C23H28BrFO3. The van der Waals surface area contributed by atoms with E-state index >= 15 is 0 Å². The highest BCUT2D eigenvalue weighted by Crippen LogP contribution is 2.49. The zero-order chi connectivity index (χ0) is 20.4. The molecule has 0 spiro atoms. The number of rotatable bonds is 6. The second kappa shape index (κ2) is 8.42. The minimum absolute atomic E-state index is 0.0385. The van der Waals surface area contributed by atoms with Gasteiger partial charge >= 0.3 is 0 Å². The van der Waals surface area contributed by atoms with Gasteiger partial charge in [-0.05, 0) is 65.6 Å². The van der Waals surface area contributed by atoms with Crippen molar-refractivity contribution >= 4 is 15.9 Å². The van der Waals surface area contributed by atoms with Crippen LogP contribution < -0.4 is 9.47 Å². The number of hydrogen-bond donors (Lipinski definition) is 0. The summed E-state index contributed by atoms with van der Waals surface area (Å²) < 4.78 is 31.4. The number of ether oxygens (including phenoxy) is 3. The summed E-state index contributed by atoms with van der Waals surface area (Å²) in [6.45, 7) is 5.05. The van der Waals surface area contributed by atoms with Crippen LogP contribution in [0.4, 0.5) is 4.39 Å². The Morgan fingerprint density at radius 3 is 2.36 bits per heavy atom. The molecule has 0 N–H and O–H groups in total. The van der Waals surface area contributed by atoms with Gasteiger partial charge in [-0.3, -0.25) is 0 Å². The number of methoxy groups -OCH3 is 2. The van der Waals surface area contributed by atoms with Crippen molar-refractivity contribution in [3.05, 3.63) is 58.9 Å². The van der Waals surface area contributed by atoms with Gasteiger partial charge in [-0.2, -0.15) is 0 Å². The highest BCUT2D eigenvalue weighted by atomic mass is 79.9. The van der Waals surface area contributed by atoms with E-state index in [2.05, 4.69) is 35.8 Å². The Balaban J connectivity index is 2.28. The summed E-state index contributed by atoms with van der Waals surface area (Å²) in [5.41, 5.74) is 2.49. The normalized spacial score (nSPS) is 19.6. The van der Waals surface area contributed by atoms with E-state index in [-0.39, 0.29) is 11.2 Å². The van der Waals surface area contributed by atoms with Crippen molar-refractivity contribution in [2.75, 3.05) is 26.2 Å². The largest absolute Gasteiger partial charge is 0.493 e. The van der Waals surface area contributed by atoms with E-state index in [1.807, 2.05) is 18.2 Å². The second-order valence-corrected chi connectivity index (χ2v) is 8.69. The highest BCUT2D eigenvalue weighted by Gasteiger charge is 2.43. The molecule has 0 radical (unpaired) electrons. The maximum absolute atomic E-state index is 13.7. The van der Waals surface area contributed by atoms with Crippen molar-refractivity contribution in [3.63, 3.8) is 0 Å². The SMILES string of the molecule is COc1cc2c(cc1OC)C(CC(C)(C)CBr)(c1ccc(F)cc1)OCCC2. The quantitative estimate of drug-likeness (QED) is 0.515. The molecule has 1 unspecified atom stereocenters. The summed E-state index contributed by atoms with van der Waals surface area (Å²) in [6.07, 6.45) is 2.56. The summed E-state index contributed by atoms with van der Waals surface area (Å²) >= 11 is 3.66. The van der Waals surface area contributed by atoms with E-state index in [1.54, 1.807) is 14.2 Å². The van der Waals surface area contributed by atoms with Crippen LogP contribution in [-0.4, -0.2) is 26.2 Å². The molecule has 0 saturated heterocycles. The Morgan fingerprint density at radius 2 is 1.75 bits per heavy atom. The molecule has 2 aromatic carbocycles. The first kappa shape index (κ1) is 21.1. The molecule has 0 saturated carbocycles. The molecule has 1 aliphatic rings. The maximum atomic E-state index is 13.7. The summed E-state index contributed by atoms with van der Waals surface area (Å²) in [6, 6.07) is 10.8. The van der Waals surface area contributed by atoms with Gasteiger partial charge in [0.25, 0.3) is 0 Å². The Bertz CT molecular complexity index is 819. The summed E-state index contributed by atoms with van der Waals surface area (Å²) in [5.74, 6) is 1.14. The van der Waals surface area contributed by atoms with Gasteiger partial charge in [-0.25, -0.2) is 4.39 Å². The number of hydrogen-bond acceptors (Lipinski definition) is 3. The van der Waals surface area contributed by atoms with Gasteiger partial charge in [0.15, 0.2) is 11.5 Å². The molecule has 0 aliphatic carbocycles. The summed E-state index contributed by atoms with van der Waals surface area (Å²) in [7, 11) is 3.29. The van der Waals surface area contributed by atoms with E-state index < -0.39 is 5.60 Å². The van der Waals surface area contributed by atoms with Crippen LogP contribution in [0.1, 0.15) is 43.4 Å². The standard InChI is InChI=1S/C23H28BrFO3/c1-22(2,15-24)14-23(17-7-9-18(25)10-8-17)19-13-21(27-4)20(26-3)12-16(19)6-5-11-28-23/h7-10,12-13H,5-6,11,14-15H2,1-4H3. The predicted octanol–water partition coefficient (Wildman–Crippen LogP) is 5.86. The lowest BCUT2D eigenvalue weighted by atomic mass is 9.73. The van der Waals surface area contributed by atoms with E-state index in [0.717, 1.165) is 41.5 Å². The Kier molecular flexibility index (Phi) is 6.35. The fourth-order valence-electron chi connectivity index (χ4n) is 4.02. The van der Waals surface area contributed by atoms with Crippen molar-refractivity contribution in [1.29, 1.82) is 0 Å². The number of aryl methyl sites for hydroxylation is 1. The molecule has 0 amide bonds. The zero-order valence-corrected chi connectivity index (χ0v) is 18.6. The minimum atomic E-state index is -0.684. The van der Waals surface area contributed by atoms with Crippen LogP contribution in [0.5, 0.6) is 11.5 Å². The average Bonchev–Trinajstić information content (AvgIpc) is 2.87. The van der Waals surface area contributed by atoms with Crippen LogP contribution in [-0.2, 0) is 16.8 Å². The first-order valence-electron chi connectivity index (χ1n) is 9.56. The molecule has 28 heavy (non-hydrogen) atoms. The van der Waals surface area contributed by atoms with Crippen LogP contribution in [0.2, 0.25) is 0 Å². The number of halogens is 2. The number of benzene rings is 2. The van der Waals surface area contributed by atoms with Crippen molar-refractivity contribution in [2.24, 2.45) is 5.41 Å². The smallest absolute Gasteiger partial charge is 0.161 e. The molecule has 0 bridgehead atoms. The average molecular weight is 451 g/mol. The van der Waals surface area contributed by atoms with Gasteiger partial charge in [0.2, 0.25) is 0 Å². The van der Waals surface area contributed by atoms with Gasteiger partial charge in [-0.1, -0.05) is 41.9 Å². The van der Waals surface area contributed by atoms with Gasteiger partial charge in [0.1, 0.15) is 11.4 Å². The van der Waals surface area contributed by atoms with Gasteiger partial charge in [0, 0.05) is 11.9 Å². The third kappa shape index (κ3) is 4.06. The molecule has 1 atom stereocenters. The molecule has 0 aromatic heterocycles. The van der Waals surface area contributed by atoms with Crippen molar-refractivity contribution in [3.8, 4) is 11.5 Å². The summed E-state index contributed by atoms with van der Waals surface area (Å²) in [5, 5.41) is 0.828. The van der Waals surface area contributed by atoms with Crippen LogP contribution >= 0.6 is 15.9 Å². The van der Waals surface area contributed by atoms with Crippen LogP contribution in [0.25, 0.3) is 0 Å². The third-order valence-electron chi connectivity index (χ3n) is 5.38. The first-order chi connectivity index (χ1) is 13.3.